The van der Waals surface area contributed by atoms with Crippen LogP contribution in [0.25, 0.3) is 0 Å². The minimum absolute atomic E-state index is 0. The molecule has 0 aromatic rings. The van der Waals surface area contributed by atoms with Gasteiger partial charge in [-0.2, -0.15) is 0 Å². The topological polar surface area (TPSA) is 46.1 Å². The molecular formula is C17H34IN3O2. The molecule has 2 aliphatic rings. The molecule has 2 saturated heterocycles. The van der Waals surface area contributed by atoms with E-state index in [0.29, 0.717) is 11.5 Å². The molecule has 0 aromatic carbocycles. The molecule has 0 amide bonds. The average Bonchev–Trinajstić information content (AvgIpc) is 2.87. The molecule has 0 aromatic heterocycles. The maximum Gasteiger partial charge on any atom is 0.193 e. The van der Waals surface area contributed by atoms with Gasteiger partial charge in [-0.15, -0.1) is 24.0 Å². The highest BCUT2D eigenvalue weighted by Crippen LogP contribution is 2.28. The lowest BCUT2D eigenvalue weighted by Crippen LogP contribution is -2.40. The molecule has 0 aliphatic carbocycles. The van der Waals surface area contributed by atoms with E-state index >= 15 is 0 Å². The number of hydrogen-bond acceptors (Lipinski definition) is 3. The van der Waals surface area contributed by atoms with Gasteiger partial charge in [-0.25, -0.2) is 0 Å². The van der Waals surface area contributed by atoms with E-state index in [1.165, 1.54) is 6.42 Å². The molecule has 0 spiro atoms. The van der Waals surface area contributed by atoms with Crippen LogP contribution < -0.4 is 5.32 Å². The van der Waals surface area contributed by atoms with Crippen LogP contribution in [0.3, 0.4) is 0 Å². The zero-order valence-electron chi connectivity index (χ0n) is 15.0. The van der Waals surface area contributed by atoms with Crippen LogP contribution in [0.15, 0.2) is 4.99 Å². The first-order valence-electron chi connectivity index (χ1n) is 8.83. The van der Waals surface area contributed by atoms with Gasteiger partial charge in [-0.3, -0.25) is 4.99 Å². The Bertz CT molecular complexity index is 358. The fraction of sp³-hybridized carbons (Fsp3) is 0.941. The molecule has 0 atom stereocenters. The van der Waals surface area contributed by atoms with Gasteiger partial charge in [0.25, 0.3) is 0 Å². The lowest BCUT2D eigenvalue weighted by molar-refractivity contribution is -0.0318. The van der Waals surface area contributed by atoms with Crippen molar-refractivity contribution < 1.29 is 9.47 Å². The number of rotatable bonds is 6. The summed E-state index contributed by atoms with van der Waals surface area (Å²) in [7, 11) is 0. The van der Waals surface area contributed by atoms with Crippen LogP contribution in [0.4, 0.5) is 0 Å². The van der Waals surface area contributed by atoms with Crippen LogP contribution >= 0.6 is 24.0 Å². The van der Waals surface area contributed by atoms with E-state index in [9.17, 15) is 0 Å². The maximum atomic E-state index is 5.90. The first-order valence-corrected chi connectivity index (χ1v) is 8.83. The lowest BCUT2D eigenvalue weighted by Gasteiger charge is -2.24. The number of nitrogens with one attached hydrogen (secondary N) is 1. The Kier molecular flexibility index (Phi) is 9.77. The third kappa shape index (κ3) is 7.56. The van der Waals surface area contributed by atoms with E-state index in [0.717, 1.165) is 71.2 Å². The predicted molar refractivity (Wildman–Crippen MR) is 106 cm³/mol. The number of likely N-dealkylation sites (tertiary alicyclic amines) is 1. The van der Waals surface area contributed by atoms with Crippen molar-refractivity contribution in [3.63, 3.8) is 0 Å². The number of aliphatic imine (C=N–C) groups is 1. The molecular weight excluding hydrogens is 405 g/mol. The fourth-order valence-corrected chi connectivity index (χ4v) is 3.06. The zero-order valence-corrected chi connectivity index (χ0v) is 17.3. The highest BCUT2D eigenvalue weighted by atomic mass is 127. The van der Waals surface area contributed by atoms with Crippen LogP contribution in [0, 0.1) is 5.41 Å². The summed E-state index contributed by atoms with van der Waals surface area (Å²) in [4.78, 5) is 7.16. The Labute approximate surface area is 158 Å². The smallest absolute Gasteiger partial charge is 0.193 e. The Morgan fingerprint density at radius 1 is 1.35 bits per heavy atom. The molecule has 1 N–H and O–H groups in total. The predicted octanol–water partition coefficient (Wildman–Crippen LogP) is 2.89. The molecule has 2 aliphatic heterocycles. The summed E-state index contributed by atoms with van der Waals surface area (Å²) >= 11 is 0. The van der Waals surface area contributed by atoms with Gasteiger partial charge in [0.15, 0.2) is 5.96 Å². The van der Waals surface area contributed by atoms with Crippen molar-refractivity contribution in [2.45, 2.75) is 52.6 Å². The second kappa shape index (κ2) is 10.7. The lowest BCUT2D eigenvalue weighted by atomic mass is 9.93. The summed E-state index contributed by atoms with van der Waals surface area (Å²) in [6, 6.07) is 0. The van der Waals surface area contributed by atoms with Crippen molar-refractivity contribution in [3.05, 3.63) is 0 Å². The molecule has 2 heterocycles. The van der Waals surface area contributed by atoms with Crippen LogP contribution in [-0.4, -0.2) is 63.0 Å². The minimum atomic E-state index is 0. The van der Waals surface area contributed by atoms with Crippen molar-refractivity contribution in [1.82, 2.24) is 10.2 Å². The minimum Gasteiger partial charge on any atom is -0.381 e. The van der Waals surface area contributed by atoms with Crippen molar-refractivity contribution in [1.29, 1.82) is 0 Å². The normalized spacial score (nSPS) is 22.0. The Morgan fingerprint density at radius 2 is 2.09 bits per heavy atom. The molecule has 0 bridgehead atoms. The van der Waals surface area contributed by atoms with Gasteiger partial charge in [0, 0.05) is 46.0 Å². The maximum absolute atomic E-state index is 5.90. The summed E-state index contributed by atoms with van der Waals surface area (Å²) < 4.78 is 11.2. The van der Waals surface area contributed by atoms with Gasteiger partial charge in [0.05, 0.1) is 6.10 Å². The van der Waals surface area contributed by atoms with Gasteiger partial charge in [-0.1, -0.05) is 13.8 Å². The van der Waals surface area contributed by atoms with Crippen LogP contribution in [0.5, 0.6) is 0 Å². The number of guanidine groups is 1. The van der Waals surface area contributed by atoms with Crippen LogP contribution in [0.2, 0.25) is 0 Å². The van der Waals surface area contributed by atoms with Crippen molar-refractivity contribution in [3.8, 4) is 0 Å². The largest absolute Gasteiger partial charge is 0.381 e. The quantitative estimate of drug-likeness (QED) is 0.299. The zero-order chi connectivity index (χ0) is 15.8. The molecule has 0 unspecified atom stereocenters. The number of halogens is 1. The van der Waals surface area contributed by atoms with Crippen molar-refractivity contribution >= 4 is 29.9 Å². The van der Waals surface area contributed by atoms with E-state index in [1.807, 2.05) is 0 Å². The molecule has 23 heavy (non-hydrogen) atoms. The second-order valence-corrected chi connectivity index (χ2v) is 7.11. The summed E-state index contributed by atoms with van der Waals surface area (Å²) in [5.41, 5.74) is 0.405. The monoisotopic (exact) mass is 439 g/mol. The third-order valence-electron chi connectivity index (χ3n) is 4.40. The van der Waals surface area contributed by atoms with E-state index in [4.69, 9.17) is 14.5 Å². The van der Waals surface area contributed by atoms with Gasteiger partial charge in [0.1, 0.15) is 0 Å². The Balaban J connectivity index is 0.00000264. The summed E-state index contributed by atoms with van der Waals surface area (Å²) in [5.74, 6) is 1.07. The van der Waals surface area contributed by atoms with Crippen LogP contribution in [-0.2, 0) is 9.47 Å². The highest BCUT2D eigenvalue weighted by Gasteiger charge is 2.30. The fourth-order valence-electron chi connectivity index (χ4n) is 3.06. The molecule has 0 saturated carbocycles. The van der Waals surface area contributed by atoms with Gasteiger partial charge in [0.2, 0.25) is 0 Å². The molecule has 2 rings (SSSR count). The summed E-state index contributed by atoms with van der Waals surface area (Å²) in [5, 5.41) is 3.42. The van der Waals surface area contributed by atoms with E-state index in [1.54, 1.807) is 0 Å². The van der Waals surface area contributed by atoms with Gasteiger partial charge < -0.3 is 19.7 Å². The standard InChI is InChI=1S/C17H33N3O2.HI/c1-4-18-16(20-10-8-17(2,3)14-20)19-9-5-11-22-15-6-12-21-13-7-15;/h15H,4-14H2,1-3H3,(H,18,19);1H. The van der Waals surface area contributed by atoms with Crippen molar-refractivity contribution in [2.24, 2.45) is 10.4 Å². The third-order valence-corrected chi connectivity index (χ3v) is 4.40. The van der Waals surface area contributed by atoms with Crippen molar-refractivity contribution in [2.75, 3.05) is 46.0 Å². The molecule has 5 nitrogen and oxygen atoms in total. The second-order valence-electron chi connectivity index (χ2n) is 7.11. The molecule has 136 valence electrons. The Hall–Kier alpha value is -0.0800. The first kappa shape index (κ1) is 21.0. The van der Waals surface area contributed by atoms with E-state index < -0.39 is 0 Å². The van der Waals surface area contributed by atoms with E-state index in [-0.39, 0.29) is 24.0 Å². The highest BCUT2D eigenvalue weighted by molar-refractivity contribution is 14.0. The summed E-state index contributed by atoms with van der Waals surface area (Å²) in [6.07, 6.45) is 4.70. The molecule has 0 radical (unpaired) electrons. The van der Waals surface area contributed by atoms with Crippen LogP contribution in [0.1, 0.15) is 46.5 Å². The first-order chi connectivity index (χ1) is 10.6. The summed E-state index contributed by atoms with van der Waals surface area (Å²) in [6.45, 7) is 13.3. The Morgan fingerprint density at radius 3 is 2.70 bits per heavy atom. The average molecular weight is 439 g/mol. The van der Waals surface area contributed by atoms with Gasteiger partial charge >= 0.3 is 0 Å². The number of hydrogen-bond donors (Lipinski definition) is 1. The SMILES string of the molecule is CCNC(=NCCCOC1CCOCC1)N1CCC(C)(C)C1.I. The number of ether oxygens (including phenoxy) is 2. The molecule has 2 fully saturated rings. The molecule has 6 heteroatoms. The number of nitrogens with zero attached hydrogens (tertiary/aromatic N) is 2. The van der Waals surface area contributed by atoms with Gasteiger partial charge in [-0.05, 0) is 38.0 Å². The van der Waals surface area contributed by atoms with E-state index in [2.05, 4.69) is 31.0 Å².